The molecule has 0 saturated heterocycles. The summed E-state index contributed by atoms with van der Waals surface area (Å²) in [6, 6.07) is 0. The highest BCUT2D eigenvalue weighted by molar-refractivity contribution is 5.54. The average molecular weight is 113 g/mol. The first kappa shape index (κ1) is 5.76. The molecule has 2 nitrogen and oxygen atoms in total. The molecule has 0 amide bonds. The van der Waals surface area contributed by atoms with Gasteiger partial charge in [0.15, 0.2) is 12.8 Å². The molecule has 1 rings (SSSR count). The van der Waals surface area contributed by atoms with E-state index in [9.17, 15) is 0 Å². The van der Waals surface area contributed by atoms with Crippen LogP contribution in [0.15, 0.2) is 0 Å². The summed E-state index contributed by atoms with van der Waals surface area (Å²) < 4.78 is 2.24. The second-order valence-electron chi connectivity index (χ2n) is 2.43. The lowest BCUT2D eigenvalue weighted by molar-refractivity contribution is -0.498. The lowest BCUT2D eigenvalue weighted by atomic mass is 10.4. The molecule has 1 aliphatic rings. The molecule has 0 aromatic heterocycles. The fraction of sp³-hybridized carbons (Fsp3) is 0.833. The van der Waals surface area contributed by atoms with Gasteiger partial charge in [0.05, 0.1) is 13.1 Å². The van der Waals surface area contributed by atoms with Crippen LogP contribution in [0.2, 0.25) is 0 Å². The Morgan fingerprint density at radius 3 is 2.75 bits per heavy atom. The fourth-order valence-corrected chi connectivity index (χ4v) is 0.790. The van der Waals surface area contributed by atoms with Crippen LogP contribution in [0.5, 0.6) is 0 Å². The summed E-state index contributed by atoms with van der Waals surface area (Å²) in [4.78, 5) is 2.31. The topological polar surface area (TPSA) is 6.25 Å². The van der Waals surface area contributed by atoms with Gasteiger partial charge in [-0.3, -0.25) is 4.90 Å². The summed E-state index contributed by atoms with van der Waals surface area (Å²) in [6.45, 7) is 3.49. The standard InChI is InChI=1S/C6H13N2/c1-7-3-5-8(2)6-4-7/h3H,4-6H2,1-2H3/q+1. The molecule has 0 bridgehead atoms. The molecule has 0 fully saturated rings. The van der Waals surface area contributed by atoms with Gasteiger partial charge in [0.2, 0.25) is 0 Å². The van der Waals surface area contributed by atoms with E-state index >= 15 is 0 Å². The molecule has 0 atom stereocenters. The molecule has 1 aliphatic heterocycles. The molecule has 46 valence electrons. The predicted molar refractivity (Wildman–Crippen MR) is 34.6 cm³/mol. The molecule has 0 unspecified atom stereocenters. The van der Waals surface area contributed by atoms with E-state index in [0.29, 0.717) is 0 Å². The maximum Gasteiger partial charge on any atom is 0.154 e. The van der Waals surface area contributed by atoms with Gasteiger partial charge in [-0.25, -0.2) is 4.58 Å². The third-order valence-corrected chi connectivity index (χ3v) is 1.54. The van der Waals surface area contributed by atoms with Crippen molar-refractivity contribution in [2.75, 3.05) is 33.7 Å². The van der Waals surface area contributed by atoms with Crippen molar-refractivity contribution in [2.24, 2.45) is 0 Å². The molecule has 1 heterocycles. The Morgan fingerprint density at radius 1 is 1.62 bits per heavy atom. The van der Waals surface area contributed by atoms with Crippen molar-refractivity contribution >= 4 is 6.21 Å². The SMILES string of the molecule is CN1CC=[N+](C)CC1. The molecule has 0 aromatic rings. The summed E-state index contributed by atoms with van der Waals surface area (Å²) in [5.41, 5.74) is 0. The number of rotatable bonds is 0. The maximum absolute atomic E-state index is 2.31. The Balaban J connectivity index is 2.42. The minimum Gasteiger partial charge on any atom is -0.291 e. The fourth-order valence-electron chi connectivity index (χ4n) is 0.790. The quantitative estimate of drug-likeness (QED) is 0.389. The first-order chi connectivity index (χ1) is 3.79. The highest BCUT2D eigenvalue weighted by Gasteiger charge is 2.07. The Kier molecular flexibility index (Phi) is 1.63. The van der Waals surface area contributed by atoms with Crippen LogP contribution in [-0.4, -0.2) is 49.4 Å². The number of nitrogens with zero attached hydrogens (tertiary/aromatic N) is 2. The van der Waals surface area contributed by atoms with E-state index in [2.05, 4.69) is 29.8 Å². The average Bonchev–Trinajstić information content (AvgIpc) is 1.77. The second-order valence-corrected chi connectivity index (χ2v) is 2.43. The van der Waals surface area contributed by atoms with E-state index < -0.39 is 0 Å². The zero-order valence-corrected chi connectivity index (χ0v) is 5.59. The van der Waals surface area contributed by atoms with Crippen molar-refractivity contribution in [1.29, 1.82) is 0 Å². The maximum atomic E-state index is 2.31. The minimum absolute atomic E-state index is 1.11. The molecule has 2 heteroatoms. The zero-order chi connectivity index (χ0) is 5.98. The van der Waals surface area contributed by atoms with Crippen molar-refractivity contribution < 1.29 is 4.58 Å². The van der Waals surface area contributed by atoms with Gasteiger partial charge in [0, 0.05) is 0 Å². The van der Waals surface area contributed by atoms with Gasteiger partial charge >= 0.3 is 0 Å². The lowest BCUT2D eigenvalue weighted by Crippen LogP contribution is -2.35. The van der Waals surface area contributed by atoms with E-state index in [4.69, 9.17) is 0 Å². The smallest absolute Gasteiger partial charge is 0.154 e. The largest absolute Gasteiger partial charge is 0.291 e. The number of hydrogen-bond acceptors (Lipinski definition) is 1. The van der Waals surface area contributed by atoms with Crippen molar-refractivity contribution in [2.45, 2.75) is 0 Å². The summed E-state index contributed by atoms with van der Waals surface area (Å²) in [5.74, 6) is 0. The van der Waals surface area contributed by atoms with E-state index in [1.807, 2.05) is 0 Å². The van der Waals surface area contributed by atoms with Gasteiger partial charge < -0.3 is 0 Å². The van der Waals surface area contributed by atoms with E-state index in [1.54, 1.807) is 0 Å². The van der Waals surface area contributed by atoms with Gasteiger partial charge in [-0.05, 0) is 7.05 Å². The lowest BCUT2D eigenvalue weighted by Gasteiger charge is -2.15. The summed E-state index contributed by atoms with van der Waals surface area (Å²) in [5, 5.41) is 0. The van der Waals surface area contributed by atoms with Crippen LogP contribution in [0, 0.1) is 0 Å². The molecular weight excluding hydrogens is 100 g/mol. The second kappa shape index (κ2) is 2.27. The normalized spacial score (nSPS) is 23.0. The molecule has 8 heavy (non-hydrogen) atoms. The Morgan fingerprint density at radius 2 is 2.38 bits per heavy atom. The Labute approximate surface area is 50.4 Å². The highest BCUT2D eigenvalue weighted by Crippen LogP contribution is 1.84. The van der Waals surface area contributed by atoms with Crippen LogP contribution in [0.4, 0.5) is 0 Å². The Hall–Kier alpha value is -0.370. The molecular formula is C6H13N2+. The molecule has 0 spiro atoms. The zero-order valence-electron chi connectivity index (χ0n) is 5.59. The van der Waals surface area contributed by atoms with Crippen molar-refractivity contribution in [1.82, 2.24) is 4.90 Å². The van der Waals surface area contributed by atoms with Crippen LogP contribution in [-0.2, 0) is 0 Å². The number of likely N-dealkylation sites (N-methyl/N-ethyl adjacent to an activating group) is 2. The monoisotopic (exact) mass is 113 g/mol. The Bertz CT molecular complexity index is 107. The molecule has 0 radical (unpaired) electrons. The van der Waals surface area contributed by atoms with Crippen molar-refractivity contribution in [3.8, 4) is 0 Å². The van der Waals surface area contributed by atoms with Crippen LogP contribution in [0.25, 0.3) is 0 Å². The van der Waals surface area contributed by atoms with E-state index in [1.165, 1.54) is 13.1 Å². The molecule has 0 N–H and O–H groups in total. The number of hydrogen-bond donors (Lipinski definition) is 0. The summed E-state index contributed by atoms with van der Waals surface area (Å²) in [7, 11) is 4.26. The van der Waals surface area contributed by atoms with Crippen molar-refractivity contribution in [3.63, 3.8) is 0 Å². The van der Waals surface area contributed by atoms with Gasteiger partial charge in [-0.15, -0.1) is 0 Å². The van der Waals surface area contributed by atoms with Gasteiger partial charge in [-0.1, -0.05) is 0 Å². The van der Waals surface area contributed by atoms with E-state index in [0.717, 1.165) is 6.54 Å². The summed E-state index contributed by atoms with van der Waals surface area (Å²) >= 11 is 0. The van der Waals surface area contributed by atoms with Crippen LogP contribution in [0.3, 0.4) is 0 Å². The third-order valence-electron chi connectivity index (χ3n) is 1.54. The minimum atomic E-state index is 1.11. The van der Waals surface area contributed by atoms with Gasteiger partial charge in [0.1, 0.15) is 7.05 Å². The first-order valence-electron chi connectivity index (χ1n) is 3.01. The van der Waals surface area contributed by atoms with Gasteiger partial charge in [-0.2, -0.15) is 0 Å². The third kappa shape index (κ3) is 1.30. The van der Waals surface area contributed by atoms with Crippen LogP contribution < -0.4 is 0 Å². The van der Waals surface area contributed by atoms with Crippen LogP contribution >= 0.6 is 0 Å². The van der Waals surface area contributed by atoms with Gasteiger partial charge in [0.25, 0.3) is 0 Å². The molecule has 0 aromatic carbocycles. The highest BCUT2D eigenvalue weighted by atomic mass is 15.2. The molecule has 0 aliphatic carbocycles. The van der Waals surface area contributed by atoms with E-state index in [-0.39, 0.29) is 0 Å². The summed E-state index contributed by atoms with van der Waals surface area (Å²) in [6.07, 6.45) is 2.21. The molecule has 0 saturated carbocycles. The predicted octanol–water partition coefficient (Wildman–Crippen LogP) is -0.355. The first-order valence-corrected chi connectivity index (χ1v) is 3.01. The van der Waals surface area contributed by atoms with Crippen molar-refractivity contribution in [3.05, 3.63) is 0 Å². The van der Waals surface area contributed by atoms with Crippen LogP contribution in [0.1, 0.15) is 0 Å².